The van der Waals surface area contributed by atoms with Crippen molar-refractivity contribution in [3.63, 3.8) is 0 Å². The summed E-state index contributed by atoms with van der Waals surface area (Å²) in [4.78, 5) is 31.3. The number of hydrogen-bond acceptors (Lipinski definition) is 6. The highest BCUT2D eigenvalue weighted by molar-refractivity contribution is 6.04. The number of halogens is 1. The van der Waals surface area contributed by atoms with Crippen LogP contribution in [0.3, 0.4) is 0 Å². The molecule has 0 aliphatic carbocycles. The predicted octanol–water partition coefficient (Wildman–Crippen LogP) is 4.32. The third-order valence-electron chi connectivity index (χ3n) is 6.67. The first kappa shape index (κ1) is 25.4. The highest BCUT2D eigenvalue weighted by Gasteiger charge is 2.17. The molecule has 1 aliphatic rings. The number of carbonyl (C=O) groups excluding carboxylic acids is 2. The Labute approximate surface area is 219 Å². The number of hydrogen-bond donors (Lipinski definition) is 4. The van der Waals surface area contributed by atoms with Gasteiger partial charge in [-0.1, -0.05) is 12.1 Å². The van der Waals surface area contributed by atoms with Crippen molar-refractivity contribution in [3.05, 3.63) is 83.9 Å². The van der Waals surface area contributed by atoms with E-state index in [1.807, 2.05) is 12.1 Å². The number of carbonyl (C=O) groups is 2. The molecule has 0 saturated carbocycles. The van der Waals surface area contributed by atoms with E-state index in [2.05, 4.69) is 25.8 Å². The number of piperidine rings is 1. The molecule has 2 amide bonds. The van der Waals surface area contributed by atoms with Gasteiger partial charge in [0.1, 0.15) is 11.6 Å². The molecule has 1 aliphatic heterocycles. The monoisotopic (exact) mass is 516 g/mol. The number of fused-ring (bicyclic) bond motifs is 1. The van der Waals surface area contributed by atoms with Crippen LogP contribution in [0.5, 0.6) is 0 Å². The molecule has 0 radical (unpaired) electrons. The van der Waals surface area contributed by atoms with Crippen LogP contribution < -0.4 is 16.0 Å². The van der Waals surface area contributed by atoms with E-state index >= 15 is 0 Å². The standard InChI is InChI=1S/C28H29FN6O3/c1-30-28(38)35-13-7-20-14-24(23(29)16-25(20)35)32-21-6-10-31-26(15-21)33-27(37)19-4-2-18(3-5-19)17-34-11-8-22(36)9-12-34/h2-7,10,13-16,22,36H,8-9,11-12,17H2,1H3,(H,30,38)(H2,31,32,33,37). The van der Waals surface area contributed by atoms with Crippen molar-refractivity contribution >= 4 is 40.0 Å². The van der Waals surface area contributed by atoms with Crippen LogP contribution in [0, 0.1) is 5.82 Å². The van der Waals surface area contributed by atoms with E-state index < -0.39 is 5.82 Å². The Morgan fingerprint density at radius 2 is 1.84 bits per heavy atom. The Balaban J connectivity index is 1.24. The Hall–Kier alpha value is -4.28. The van der Waals surface area contributed by atoms with Crippen molar-refractivity contribution in [3.8, 4) is 0 Å². The molecule has 4 N–H and O–H groups in total. The van der Waals surface area contributed by atoms with Crippen molar-refractivity contribution in [2.45, 2.75) is 25.5 Å². The molecule has 5 rings (SSSR count). The van der Waals surface area contributed by atoms with Crippen molar-refractivity contribution < 1.29 is 19.1 Å². The third-order valence-corrected chi connectivity index (χ3v) is 6.67. The minimum absolute atomic E-state index is 0.203. The van der Waals surface area contributed by atoms with Crippen LogP contribution in [0.1, 0.15) is 28.8 Å². The lowest BCUT2D eigenvalue weighted by atomic mass is 10.1. The molecule has 0 spiro atoms. The maximum Gasteiger partial charge on any atom is 0.325 e. The van der Waals surface area contributed by atoms with Crippen molar-refractivity contribution in [1.29, 1.82) is 0 Å². The third kappa shape index (κ3) is 5.66. The van der Waals surface area contributed by atoms with Gasteiger partial charge in [0.2, 0.25) is 0 Å². The van der Waals surface area contributed by atoms with Gasteiger partial charge in [-0.3, -0.25) is 14.3 Å². The van der Waals surface area contributed by atoms with Crippen LogP contribution in [-0.2, 0) is 6.54 Å². The predicted molar refractivity (Wildman–Crippen MR) is 144 cm³/mol. The first-order valence-corrected chi connectivity index (χ1v) is 12.5. The molecule has 0 bridgehead atoms. The van der Waals surface area contributed by atoms with Gasteiger partial charge in [0.05, 0.1) is 17.3 Å². The number of anilines is 3. The molecule has 10 heteroatoms. The molecular formula is C28H29FN6O3. The lowest BCUT2D eigenvalue weighted by Crippen LogP contribution is -2.35. The number of aromatic nitrogens is 2. The van der Waals surface area contributed by atoms with Crippen molar-refractivity contribution in [2.75, 3.05) is 30.8 Å². The molecule has 1 saturated heterocycles. The van der Waals surface area contributed by atoms with E-state index in [0.717, 1.165) is 38.0 Å². The molecular weight excluding hydrogens is 487 g/mol. The number of nitrogens with zero attached hydrogens (tertiary/aromatic N) is 3. The summed E-state index contributed by atoms with van der Waals surface area (Å²) >= 11 is 0. The van der Waals surface area contributed by atoms with E-state index in [-0.39, 0.29) is 23.7 Å². The minimum Gasteiger partial charge on any atom is -0.393 e. The van der Waals surface area contributed by atoms with Gasteiger partial charge in [-0.15, -0.1) is 0 Å². The van der Waals surface area contributed by atoms with Gasteiger partial charge < -0.3 is 21.1 Å². The van der Waals surface area contributed by atoms with Crippen LogP contribution in [0.4, 0.5) is 26.4 Å². The first-order chi connectivity index (χ1) is 18.4. The Morgan fingerprint density at radius 3 is 2.58 bits per heavy atom. The van der Waals surface area contributed by atoms with E-state index in [9.17, 15) is 19.1 Å². The maximum absolute atomic E-state index is 14.9. The van der Waals surface area contributed by atoms with Gasteiger partial charge >= 0.3 is 6.03 Å². The number of amides is 2. The number of rotatable bonds is 6. The highest BCUT2D eigenvalue weighted by atomic mass is 19.1. The Bertz CT molecular complexity index is 1460. The average molecular weight is 517 g/mol. The minimum atomic E-state index is -0.524. The highest BCUT2D eigenvalue weighted by Crippen LogP contribution is 2.27. The van der Waals surface area contributed by atoms with Crippen LogP contribution in [0.15, 0.2) is 67.0 Å². The molecule has 9 nitrogen and oxygen atoms in total. The summed E-state index contributed by atoms with van der Waals surface area (Å²) < 4.78 is 16.2. The molecule has 2 aromatic heterocycles. The summed E-state index contributed by atoms with van der Waals surface area (Å²) in [7, 11) is 1.51. The smallest absolute Gasteiger partial charge is 0.325 e. The molecule has 0 unspecified atom stereocenters. The number of nitrogens with one attached hydrogen (secondary N) is 3. The second-order valence-corrected chi connectivity index (χ2v) is 9.34. The molecule has 0 atom stereocenters. The lowest BCUT2D eigenvalue weighted by Gasteiger charge is -2.29. The summed E-state index contributed by atoms with van der Waals surface area (Å²) in [5.74, 6) is -0.502. The second kappa shape index (κ2) is 11.0. The lowest BCUT2D eigenvalue weighted by molar-refractivity contribution is 0.0792. The van der Waals surface area contributed by atoms with E-state index in [1.165, 1.54) is 23.9 Å². The quantitative estimate of drug-likeness (QED) is 0.304. The van der Waals surface area contributed by atoms with Crippen molar-refractivity contribution in [1.82, 2.24) is 19.8 Å². The SMILES string of the molecule is CNC(=O)n1ccc2cc(Nc3ccnc(NC(=O)c4ccc(CN5CCC(O)CC5)cc4)c3)c(F)cc21. The van der Waals surface area contributed by atoms with E-state index in [0.29, 0.717) is 28.0 Å². The van der Waals surface area contributed by atoms with Gasteiger partial charge in [-0.25, -0.2) is 14.2 Å². The zero-order valence-electron chi connectivity index (χ0n) is 20.9. The molecule has 2 aromatic carbocycles. The molecule has 3 heterocycles. The summed E-state index contributed by atoms with van der Waals surface area (Å²) in [5, 5.41) is 18.7. The summed E-state index contributed by atoms with van der Waals surface area (Å²) in [6.45, 7) is 2.50. The second-order valence-electron chi connectivity index (χ2n) is 9.34. The van der Waals surface area contributed by atoms with Crippen LogP contribution in [0.25, 0.3) is 10.9 Å². The number of pyridine rings is 1. The number of benzene rings is 2. The van der Waals surface area contributed by atoms with E-state index in [1.54, 1.807) is 42.6 Å². The largest absolute Gasteiger partial charge is 0.393 e. The molecule has 38 heavy (non-hydrogen) atoms. The van der Waals surface area contributed by atoms with Crippen LogP contribution >= 0.6 is 0 Å². The summed E-state index contributed by atoms with van der Waals surface area (Å²) in [6, 6.07) is 15.0. The van der Waals surface area contributed by atoms with E-state index in [4.69, 9.17) is 0 Å². The average Bonchev–Trinajstić information content (AvgIpc) is 3.33. The number of aliphatic hydroxyl groups is 1. The summed E-state index contributed by atoms with van der Waals surface area (Å²) in [5.41, 5.74) is 2.83. The summed E-state index contributed by atoms with van der Waals surface area (Å²) in [6.07, 6.45) is 4.47. The van der Waals surface area contributed by atoms with Crippen molar-refractivity contribution in [2.24, 2.45) is 0 Å². The Kier molecular flexibility index (Phi) is 7.34. The number of aliphatic hydroxyl groups excluding tert-OH is 1. The van der Waals surface area contributed by atoms with Gasteiger partial charge in [0.25, 0.3) is 5.91 Å². The fourth-order valence-corrected chi connectivity index (χ4v) is 4.57. The van der Waals surface area contributed by atoms with Gasteiger partial charge in [0, 0.05) is 67.8 Å². The first-order valence-electron chi connectivity index (χ1n) is 12.5. The van der Waals surface area contributed by atoms with Crippen LogP contribution in [0.2, 0.25) is 0 Å². The zero-order valence-corrected chi connectivity index (χ0v) is 20.9. The molecule has 196 valence electrons. The van der Waals surface area contributed by atoms with Gasteiger partial charge in [0.15, 0.2) is 0 Å². The maximum atomic E-state index is 14.9. The fraction of sp³-hybridized carbons (Fsp3) is 0.250. The Morgan fingerprint density at radius 1 is 1.08 bits per heavy atom. The normalized spacial score (nSPS) is 14.4. The van der Waals surface area contributed by atoms with Gasteiger partial charge in [-0.2, -0.15) is 0 Å². The number of likely N-dealkylation sites (tertiary alicyclic amines) is 1. The zero-order chi connectivity index (χ0) is 26.6. The topological polar surface area (TPSA) is 112 Å². The van der Waals surface area contributed by atoms with Gasteiger partial charge in [-0.05, 0) is 48.7 Å². The van der Waals surface area contributed by atoms with Crippen LogP contribution in [-0.4, -0.2) is 57.7 Å². The fourth-order valence-electron chi connectivity index (χ4n) is 4.57. The molecule has 4 aromatic rings. The molecule has 1 fully saturated rings.